The average Bonchev–Trinajstić information content (AvgIpc) is 2.08. The molecule has 0 saturated carbocycles. The van der Waals surface area contributed by atoms with Crippen LogP contribution in [0, 0.1) is 25.4 Å². The van der Waals surface area contributed by atoms with Gasteiger partial charge in [0.2, 0.25) is 5.02 Å². The maximum Gasteiger partial charge on any atom is 0.248 e. The first-order chi connectivity index (χ1) is 5.46. The van der Waals surface area contributed by atoms with Crippen molar-refractivity contribution in [1.29, 1.82) is 0 Å². The second-order valence-corrected chi connectivity index (χ2v) is 4.06. The van der Waals surface area contributed by atoms with Crippen LogP contribution in [0.1, 0.15) is 11.1 Å². The van der Waals surface area contributed by atoms with Gasteiger partial charge in [-0.15, -0.1) is 0 Å². The van der Waals surface area contributed by atoms with Crippen LogP contribution in [0.5, 0.6) is 0 Å². The Bertz CT molecular complexity index is 225. The third-order valence-corrected chi connectivity index (χ3v) is 3.86. The Morgan fingerprint density at radius 1 is 0.833 bits per heavy atom. The van der Waals surface area contributed by atoms with Crippen molar-refractivity contribution in [2.45, 2.75) is 13.8 Å². The van der Waals surface area contributed by atoms with E-state index >= 15 is 0 Å². The summed E-state index contributed by atoms with van der Waals surface area (Å²) in [6.07, 6.45) is 0. The molecule has 0 bridgehead atoms. The van der Waals surface area contributed by atoms with Gasteiger partial charge in [-0.05, 0) is 19.4 Å². The van der Waals surface area contributed by atoms with Gasteiger partial charge in [0.15, 0.2) is 11.6 Å². The molecule has 12 heavy (non-hydrogen) atoms. The maximum atomic E-state index is 5.90. The van der Waals surface area contributed by atoms with Crippen LogP contribution in [-0.4, -0.2) is 0 Å². The van der Waals surface area contributed by atoms with Crippen molar-refractivity contribution in [3.8, 4) is 0 Å². The maximum absolute atomic E-state index is 5.90. The molecule has 0 fully saturated rings. The van der Waals surface area contributed by atoms with E-state index in [9.17, 15) is 0 Å². The highest BCUT2D eigenvalue weighted by Crippen LogP contribution is 2.38. The summed E-state index contributed by atoms with van der Waals surface area (Å²) in [6, 6.07) is 0. The molecule has 1 aromatic rings. The Kier molecular flexibility index (Phi) is 3.16. The lowest BCUT2D eigenvalue weighted by atomic mass is 10.1. The largest absolute Gasteiger partial charge is 0.248 e. The zero-order valence-corrected chi connectivity index (χ0v) is 9.63. The second-order valence-electron chi connectivity index (χ2n) is 2.52. The lowest BCUT2D eigenvalue weighted by Gasteiger charge is -2.05. The SMILES string of the molecule is Cc1c(C)c([ClH+])c(Cl)c(Cl)c1Cl. The predicted octanol–water partition coefficient (Wildman–Crippen LogP) is 3.96. The summed E-state index contributed by atoms with van der Waals surface area (Å²) in [7, 11) is 0. The van der Waals surface area contributed by atoms with Crippen LogP contribution in [0.3, 0.4) is 0 Å². The fourth-order valence-electron chi connectivity index (χ4n) is 0.860. The average molecular weight is 245 g/mol. The van der Waals surface area contributed by atoms with Crippen LogP contribution in [0.4, 0.5) is 0 Å². The van der Waals surface area contributed by atoms with Gasteiger partial charge in [-0.25, -0.2) is 0 Å². The molecule has 4 heteroatoms. The van der Waals surface area contributed by atoms with Crippen molar-refractivity contribution < 1.29 is 11.6 Å². The smallest absolute Gasteiger partial charge is 0.0823 e. The predicted molar refractivity (Wildman–Crippen MR) is 51.5 cm³/mol. The Morgan fingerprint density at radius 3 is 1.83 bits per heavy atom. The van der Waals surface area contributed by atoms with Gasteiger partial charge in [-0.2, -0.15) is 0 Å². The van der Waals surface area contributed by atoms with E-state index in [4.69, 9.17) is 46.4 Å². The highest BCUT2D eigenvalue weighted by molar-refractivity contribution is 6.48. The van der Waals surface area contributed by atoms with Crippen molar-refractivity contribution in [2.75, 3.05) is 0 Å². The van der Waals surface area contributed by atoms with Crippen LogP contribution < -0.4 is 0 Å². The Morgan fingerprint density at radius 2 is 1.33 bits per heavy atom. The number of hydrogen-bond acceptors (Lipinski definition) is 0. The van der Waals surface area contributed by atoms with Gasteiger partial charge in [0.05, 0.1) is 10.0 Å². The lowest BCUT2D eigenvalue weighted by Crippen LogP contribution is -1.89. The molecule has 0 amide bonds. The third-order valence-electron chi connectivity index (χ3n) is 1.82. The van der Waals surface area contributed by atoms with Crippen molar-refractivity contribution in [3.05, 3.63) is 31.2 Å². The molecular weight excluding hydrogens is 238 g/mol. The molecular formula is C8H7Cl4+. The molecule has 0 aliphatic carbocycles. The molecule has 0 heterocycles. The first-order valence-corrected chi connectivity index (χ1v) is 4.81. The summed E-state index contributed by atoms with van der Waals surface area (Å²) in [5.74, 6) is 0. The van der Waals surface area contributed by atoms with Crippen LogP contribution in [0.25, 0.3) is 0 Å². The first kappa shape index (κ1) is 10.5. The van der Waals surface area contributed by atoms with Gasteiger partial charge < -0.3 is 0 Å². The number of benzene rings is 1. The van der Waals surface area contributed by atoms with Gasteiger partial charge in [-0.3, -0.25) is 0 Å². The monoisotopic (exact) mass is 243 g/mol. The van der Waals surface area contributed by atoms with Gasteiger partial charge in [0.1, 0.15) is 5.02 Å². The van der Waals surface area contributed by atoms with Crippen molar-refractivity contribution in [1.82, 2.24) is 0 Å². The minimum atomic E-state index is 0.353. The molecule has 1 rings (SSSR count). The van der Waals surface area contributed by atoms with Gasteiger partial charge in [-0.1, -0.05) is 34.8 Å². The molecule has 0 aliphatic rings. The van der Waals surface area contributed by atoms with Crippen LogP contribution >= 0.6 is 34.8 Å². The normalized spacial score (nSPS) is 10.5. The standard InChI is InChI=1S/C8H7Cl4/c1-3-4(2)6(10)8(12)7(11)5(3)9/h9H,1-2H3/q+1. The van der Waals surface area contributed by atoms with Gasteiger partial charge >= 0.3 is 0 Å². The summed E-state index contributed by atoms with van der Waals surface area (Å²) in [5, 5.41) is 1.81. The Balaban J connectivity index is 3.60. The zero-order chi connectivity index (χ0) is 9.46. The third kappa shape index (κ3) is 1.54. The molecule has 0 spiro atoms. The minimum Gasteiger partial charge on any atom is -0.0823 e. The molecule has 1 aromatic carbocycles. The Hall–Kier alpha value is 0.380. The number of rotatable bonds is 0. The summed E-state index contributed by atoms with van der Waals surface area (Å²) in [5.41, 5.74) is 1.82. The van der Waals surface area contributed by atoms with Crippen molar-refractivity contribution in [2.24, 2.45) is 0 Å². The zero-order valence-electron chi connectivity index (χ0n) is 6.54. The molecule has 66 valence electrons. The number of hydrogen-bond donors (Lipinski definition) is 0. The van der Waals surface area contributed by atoms with E-state index in [1.54, 1.807) is 0 Å². The summed E-state index contributed by atoms with van der Waals surface area (Å²) >= 11 is 22.6. The summed E-state index contributed by atoms with van der Waals surface area (Å²) in [6.45, 7) is 3.75. The number of halogens is 4. The molecule has 0 aliphatic heterocycles. The second kappa shape index (κ2) is 3.63. The summed E-state index contributed by atoms with van der Waals surface area (Å²) < 4.78 is 0. The minimum absolute atomic E-state index is 0.353. The Labute approximate surface area is 91.4 Å². The molecule has 0 unspecified atom stereocenters. The molecule has 0 radical (unpaired) electrons. The fourth-order valence-corrected chi connectivity index (χ4v) is 1.93. The van der Waals surface area contributed by atoms with Crippen LogP contribution in [0.2, 0.25) is 20.1 Å². The molecule has 0 saturated heterocycles. The quantitative estimate of drug-likeness (QED) is 0.479. The van der Waals surface area contributed by atoms with E-state index in [0.29, 0.717) is 20.1 Å². The van der Waals surface area contributed by atoms with Crippen LogP contribution in [0.15, 0.2) is 0 Å². The van der Waals surface area contributed by atoms with E-state index in [1.165, 1.54) is 0 Å². The van der Waals surface area contributed by atoms with Crippen molar-refractivity contribution >= 4 is 34.8 Å². The fraction of sp³-hybridized carbons (Fsp3) is 0.250. The van der Waals surface area contributed by atoms with E-state index in [2.05, 4.69) is 0 Å². The summed E-state index contributed by atoms with van der Waals surface area (Å²) in [4.78, 5) is 0. The highest BCUT2D eigenvalue weighted by atomic mass is 35.5. The van der Waals surface area contributed by atoms with Gasteiger partial charge in [0, 0.05) is 5.56 Å². The molecule has 0 aromatic heterocycles. The first-order valence-electron chi connectivity index (χ1n) is 3.27. The van der Waals surface area contributed by atoms with E-state index in [-0.39, 0.29) is 0 Å². The van der Waals surface area contributed by atoms with E-state index < -0.39 is 0 Å². The van der Waals surface area contributed by atoms with E-state index in [1.807, 2.05) is 13.8 Å². The highest BCUT2D eigenvalue weighted by Gasteiger charge is 2.19. The molecule has 0 N–H and O–H groups in total. The van der Waals surface area contributed by atoms with E-state index in [0.717, 1.165) is 11.1 Å². The molecule has 0 atom stereocenters. The van der Waals surface area contributed by atoms with Gasteiger partial charge in [0.25, 0.3) is 0 Å². The van der Waals surface area contributed by atoms with Crippen LogP contribution in [-0.2, 0) is 0 Å². The topological polar surface area (TPSA) is 0 Å². The van der Waals surface area contributed by atoms with Crippen molar-refractivity contribution in [3.63, 3.8) is 0 Å². The lowest BCUT2D eigenvalue weighted by molar-refractivity contribution is -0.289. The molecule has 0 nitrogen and oxygen atoms in total.